The summed E-state index contributed by atoms with van der Waals surface area (Å²) < 4.78 is 0. The summed E-state index contributed by atoms with van der Waals surface area (Å²) in [5.41, 5.74) is 0. The largest absolute Gasteiger partial charge is 0.392 e. The number of likely N-dealkylation sites (N-methyl/N-ethyl adjacent to an activating group) is 1. The SMILES string of the molecule is CC(O)CNC(=O)C(=O)N(C)C1CCCCC1. The van der Waals surface area contributed by atoms with Crippen LogP contribution in [-0.4, -0.2) is 47.6 Å². The minimum Gasteiger partial charge on any atom is -0.392 e. The van der Waals surface area contributed by atoms with Crippen molar-refractivity contribution in [3.63, 3.8) is 0 Å². The average Bonchev–Trinajstić information content (AvgIpc) is 2.35. The van der Waals surface area contributed by atoms with Crippen molar-refractivity contribution in [2.45, 2.75) is 51.2 Å². The van der Waals surface area contributed by atoms with E-state index in [-0.39, 0.29) is 12.6 Å². The maximum atomic E-state index is 11.8. The van der Waals surface area contributed by atoms with Gasteiger partial charge in [-0.05, 0) is 19.8 Å². The lowest BCUT2D eigenvalue weighted by atomic mass is 9.94. The molecule has 0 aromatic rings. The highest BCUT2D eigenvalue weighted by atomic mass is 16.3. The Labute approximate surface area is 102 Å². The molecule has 0 heterocycles. The summed E-state index contributed by atoms with van der Waals surface area (Å²) in [6.07, 6.45) is 4.78. The van der Waals surface area contributed by atoms with Crippen LogP contribution >= 0.6 is 0 Å². The van der Waals surface area contributed by atoms with E-state index >= 15 is 0 Å². The molecule has 5 heteroatoms. The lowest BCUT2D eigenvalue weighted by Gasteiger charge is -2.30. The van der Waals surface area contributed by atoms with Crippen molar-refractivity contribution in [1.29, 1.82) is 0 Å². The van der Waals surface area contributed by atoms with Crippen LogP contribution in [0.1, 0.15) is 39.0 Å². The number of aliphatic hydroxyl groups excluding tert-OH is 1. The Morgan fingerprint density at radius 3 is 2.47 bits per heavy atom. The van der Waals surface area contributed by atoms with Crippen molar-refractivity contribution in [3.8, 4) is 0 Å². The first kappa shape index (κ1) is 14.0. The molecule has 1 unspecified atom stereocenters. The second kappa shape index (κ2) is 6.59. The van der Waals surface area contributed by atoms with Gasteiger partial charge in [0.1, 0.15) is 0 Å². The first-order valence-corrected chi connectivity index (χ1v) is 6.25. The predicted octanol–water partition coefficient (Wildman–Crippen LogP) is 0.274. The Kier molecular flexibility index (Phi) is 5.41. The molecule has 17 heavy (non-hydrogen) atoms. The molecule has 1 saturated carbocycles. The molecule has 1 rings (SSSR count). The summed E-state index contributed by atoms with van der Waals surface area (Å²) in [5, 5.41) is 11.5. The van der Waals surface area contributed by atoms with Crippen LogP contribution in [0.2, 0.25) is 0 Å². The Bertz CT molecular complexity index is 273. The number of carbonyl (C=O) groups is 2. The number of rotatable bonds is 3. The van der Waals surface area contributed by atoms with E-state index in [4.69, 9.17) is 5.11 Å². The molecule has 1 aliphatic rings. The Morgan fingerprint density at radius 1 is 1.35 bits per heavy atom. The molecule has 1 aliphatic carbocycles. The molecule has 0 spiro atoms. The number of aliphatic hydroxyl groups is 1. The lowest BCUT2D eigenvalue weighted by molar-refractivity contribution is -0.146. The Balaban J connectivity index is 2.41. The van der Waals surface area contributed by atoms with Gasteiger partial charge in [-0.15, -0.1) is 0 Å². The van der Waals surface area contributed by atoms with E-state index in [1.54, 1.807) is 14.0 Å². The molecule has 0 aromatic carbocycles. The molecule has 0 aliphatic heterocycles. The maximum Gasteiger partial charge on any atom is 0.311 e. The van der Waals surface area contributed by atoms with Gasteiger partial charge >= 0.3 is 11.8 Å². The van der Waals surface area contributed by atoms with E-state index in [0.717, 1.165) is 25.7 Å². The quantitative estimate of drug-likeness (QED) is 0.698. The second-order valence-corrected chi connectivity index (χ2v) is 4.77. The molecule has 0 bridgehead atoms. The fraction of sp³-hybridized carbons (Fsp3) is 0.833. The molecule has 2 amide bonds. The zero-order chi connectivity index (χ0) is 12.8. The predicted molar refractivity (Wildman–Crippen MR) is 64.3 cm³/mol. The van der Waals surface area contributed by atoms with Crippen LogP contribution in [0.25, 0.3) is 0 Å². The van der Waals surface area contributed by atoms with E-state index in [1.165, 1.54) is 11.3 Å². The van der Waals surface area contributed by atoms with Crippen LogP contribution in [0.3, 0.4) is 0 Å². The normalized spacial score (nSPS) is 18.5. The van der Waals surface area contributed by atoms with Gasteiger partial charge in [0, 0.05) is 19.6 Å². The van der Waals surface area contributed by atoms with Gasteiger partial charge in [-0.1, -0.05) is 19.3 Å². The van der Waals surface area contributed by atoms with Gasteiger partial charge in [0.2, 0.25) is 0 Å². The molecule has 0 saturated heterocycles. The zero-order valence-electron chi connectivity index (χ0n) is 10.6. The summed E-state index contributed by atoms with van der Waals surface area (Å²) >= 11 is 0. The standard InChI is InChI=1S/C12H22N2O3/c1-9(15)8-13-11(16)12(17)14(2)10-6-4-3-5-7-10/h9-10,15H,3-8H2,1-2H3,(H,13,16). The second-order valence-electron chi connectivity index (χ2n) is 4.77. The third-order valence-corrected chi connectivity index (χ3v) is 3.20. The number of hydrogen-bond acceptors (Lipinski definition) is 3. The fourth-order valence-electron chi connectivity index (χ4n) is 2.11. The van der Waals surface area contributed by atoms with Crippen LogP contribution in [-0.2, 0) is 9.59 Å². The third kappa shape index (κ3) is 4.34. The summed E-state index contributed by atoms with van der Waals surface area (Å²) in [6, 6.07) is 0.188. The highest BCUT2D eigenvalue weighted by Crippen LogP contribution is 2.21. The van der Waals surface area contributed by atoms with Crippen LogP contribution in [0, 0.1) is 0 Å². The average molecular weight is 242 g/mol. The van der Waals surface area contributed by atoms with E-state index in [9.17, 15) is 9.59 Å². The van der Waals surface area contributed by atoms with Crippen LogP contribution in [0.15, 0.2) is 0 Å². The van der Waals surface area contributed by atoms with Gasteiger partial charge in [-0.3, -0.25) is 9.59 Å². The maximum absolute atomic E-state index is 11.8. The summed E-state index contributed by atoms with van der Waals surface area (Å²) in [7, 11) is 1.68. The van der Waals surface area contributed by atoms with E-state index in [0.29, 0.717) is 0 Å². The molecule has 0 aromatic heterocycles. The summed E-state index contributed by atoms with van der Waals surface area (Å²) in [6.45, 7) is 1.68. The van der Waals surface area contributed by atoms with Crippen LogP contribution in [0.5, 0.6) is 0 Å². The molecule has 0 radical (unpaired) electrons. The lowest BCUT2D eigenvalue weighted by Crippen LogP contribution is -2.47. The minimum atomic E-state index is -0.633. The number of nitrogens with zero attached hydrogens (tertiary/aromatic N) is 1. The van der Waals surface area contributed by atoms with E-state index in [1.807, 2.05) is 0 Å². The minimum absolute atomic E-state index is 0.114. The highest BCUT2D eigenvalue weighted by Gasteiger charge is 2.26. The van der Waals surface area contributed by atoms with E-state index in [2.05, 4.69) is 5.32 Å². The first-order chi connectivity index (χ1) is 8.02. The summed E-state index contributed by atoms with van der Waals surface area (Å²) in [4.78, 5) is 24.8. The topological polar surface area (TPSA) is 69.6 Å². The third-order valence-electron chi connectivity index (χ3n) is 3.20. The van der Waals surface area contributed by atoms with Crippen molar-refractivity contribution >= 4 is 11.8 Å². The van der Waals surface area contributed by atoms with Crippen molar-refractivity contribution in [2.24, 2.45) is 0 Å². The Morgan fingerprint density at radius 2 is 1.94 bits per heavy atom. The number of carbonyl (C=O) groups excluding carboxylic acids is 2. The highest BCUT2D eigenvalue weighted by molar-refractivity contribution is 6.35. The Hall–Kier alpha value is -1.10. The monoisotopic (exact) mass is 242 g/mol. The van der Waals surface area contributed by atoms with Gasteiger partial charge in [-0.25, -0.2) is 0 Å². The number of nitrogens with one attached hydrogen (secondary N) is 1. The first-order valence-electron chi connectivity index (χ1n) is 6.25. The molecule has 1 atom stereocenters. The van der Waals surface area contributed by atoms with Crippen LogP contribution < -0.4 is 5.32 Å². The molecule has 5 nitrogen and oxygen atoms in total. The van der Waals surface area contributed by atoms with Gasteiger partial charge < -0.3 is 15.3 Å². The number of hydrogen-bond donors (Lipinski definition) is 2. The molecule has 98 valence electrons. The van der Waals surface area contributed by atoms with Crippen molar-refractivity contribution in [1.82, 2.24) is 10.2 Å². The van der Waals surface area contributed by atoms with Gasteiger partial charge in [0.15, 0.2) is 0 Å². The van der Waals surface area contributed by atoms with Crippen molar-refractivity contribution in [3.05, 3.63) is 0 Å². The fourth-order valence-corrected chi connectivity index (χ4v) is 2.11. The van der Waals surface area contributed by atoms with Gasteiger partial charge in [-0.2, -0.15) is 0 Å². The van der Waals surface area contributed by atoms with E-state index < -0.39 is 17.9 Å². The van der Waals surface area contributed by atoms with Crippen molar-refractivity contribution in [2.75, 3.05) is 13.6 Å². The zero-order valence-corrected chi connectivity index (χ0v) is 10.6. The molecule has 1 fully saturated rings. The smallest absolute Gasteiger partial charge is 0.311 e. The summed E-state index contributed by atoms with van der Waals surface area (Å²) in [5.74, 6) is -1.13. The van der Waals surface area contributed by atoms with Crippen LogP contribution in [0.4, 0.5) is 0 Å². The molecular weight excluding hydrogens is 220 g/mol. The number of amides is 2. The van der Waals surface area contributed by atoms with Crippen molar-refractivity contribution < 1.29 is 14.7 Å². The van der Waals surface area contributed by atoms with Gasteiger partial charge in [0.05, 0.1) is 6.10 Å². The van der Waals surface area contributed by atoms with Gasteiger partial charge in [0.25, 0.3) is 0 Å². The molecular formula is C12H22N2O3. The molecule has 2 N–H and O–H groups in total.